The zero-order valence-electron chi connectivity index (χ0n) is 16.8. The van der Waals surface area contributed by atoms with E-state index in [-0.39, 0.29) is 15.5 Å². The highest BCUT2D eigenvalue weighted by Crippen LogP contribution is 2.33. The number of hydrogen-bond donors (Lipinski definition) is 1. The largest absolute Gasteiger partial charge is 0.322 e. The summed E-state index contributed by atoms with van der Waals surface area (Å²) in [5.74, 6) is -0.460. The van der Waals surface area contributed by atoms with Crippen LogP contribution >= 0.6 is 23.4 Å². The summed E-state index contributed by atoms with van der Waals surface area (Å²) < 4.78 is 28.2. The number of halogens is 1. The molecule has 0 spiro atoms. The van der Waals surface area contributed by atoms with E-state index in [0.29, 0.717) is 17.9 Å². The number of anilines is 2. The number of para-hydroxylation sites is 1. The summed E-state index contributed by atoms with van der Waals surface area (Å²) in [6.45, 7) is 0.394. The predicted molar refractivity (Wildman–Crippen MR) is 127 cm³/mol. The minimum absolute atomic E-state index is 0.0384. The summed E-state index contributed by atoms with van der Waals surface area (Å²) >= 11 is 7.85. The molecule has 1 aliphatic rings. The van der Waals surface area contributed by atoms with E-state index in [2.05, 4.69) is 5.32 Å². The van der Waals surface area contributed by atoms with Crippen molar-refractivity contribution in [3.63, 3.8) is 0 Å². The number of hydrogen-bond acceptors (Lipinski definition) is 4. The van der Waals surface area contributed by atoms with Crippen molar-refractivity contribution < 1.29 is 13.2 Å². The van der Waals surface area contributed by atoms with E-state index in [1.807, 2.05) is 42.7 Å². The minimum Gasteiger partial charge on any atom is -0.322 e. The van der Waals surface area contributed by atoms with Crippen molar-refractivity contribution in [2.75, 3.05) is 22.4 Å². The number of thioether (sulfide) groups is 1. The Hall–Kier alpha value is -2.48. The third-order valence-electron chi connectivity index (χ3n) is 5.19. The Balaban J connectivity index is 1.65. The summed E-state index contributed by atoms with van der Waals surface area (Å²) in [5.41, 5.74) is 2.40. The average Bonchev–Trinajstić information content (AvgIpc) is 2.79. The maximum absolute atomic E-state index is 13.4. The summed E-state index contributed by atoms with van der Waals surface area (Å²) in [5, 5.41) is 2.97. The van der Waals surface area contributed by atoms with E-state index < -0.39 is 15.9 Å². The highest BCUT2D eigenvalue weighted by atomic mass is 35.5. The SMILES string of the molecule is CSc1ccc(NC(=O)c2cc(S(=O)(=O)N3CCCc4ccccc43)ccc2Cl)cc1. The molecule has 31 heavy (non-hydrogen) atoms. The van der Waals surface area contributed by atoms with Crippen LogP contribution in [0.15, 0.2) is 76.5 Å². The molecule has 0 fully saturated rings. The van der Waals surface area contributed by atoms with Gasteiger partial charge in [-0.05, 0) is 73.2 Å². The molecule has 160 valence electrons. The van der Waals surface area contributed by atoms with Gasteiger partial charge in [0, 0.05) is 17.1 Å². The fraction of sp³-hybridized carbons (Fsp3) is 0.174. The van der Waals surface area contributed by atoms with Crippen LogP contribution < -0.4 is 9.62 Å². The van der Waals surface area contributed by atoms with Gasteiger partial charge >= 0.3 is 0 Å². The first kappa shape index (κ1) is 21.7. The van der Waals surface area contributed by atoms with Crippen LogP contribution in [0.3, 0.4) is 0 Å². The lowest BCUT2D eigenvalue weighted by atomic mass is 10.0. The van der Waals surface area contributed by atoms with Crippen LogP contribution in [0.5, 0.6) is 0 Å². The molecule has 0 saturated carbocycles. The van der Waals surface area contributed by atoms with Crippen molar-refractivity contribution in [3.8, 4) is 0 Å². The number of sulfonamides is 1. The van der Waals surface area contributed by atoms with Crippen molar-refractivity contribution in [1.82, 2.24) is 0 Å². The van der Waals surface area contributed by atoms with Crippen LogP contribution in [0.4, 0.5) is 11.4 Å². The standard InChI is InChI=1S/C23H21ClN2O3S2/c1-30-18-10-8-17(9-11-18)25-23(27)20-15-19(12-13-21(20)24)31(28,29)26-14-4-6-16-5-2-3-7-22(16)26/h2-3,5,7-13,15H,4,6,14H2,1H3,(H,25,27). The summed E-state index contributed by atoms with van der Waals surface area (Å²) in [4.78, 5) is 13.9. The van der Waals surface area contributed by atoms with Gasteiger partial charge < -0.3 is 5.32 Å². The highest BCUT2D eigenvalue weighted by molar-refractivity contribution is 7.98. The third kappa shape index (κ3) is 4.44. The highest BCUT2D eigenvalue weighted by Gasteiger charge is 2.30. The van der Waals surface area contributed by atoms with E-state index in [1.165, 1.54) is 22.5 Å². The molecular weight excluding hydrogens is 452 g/mol. The van der Waals surface area contributed by atoms with Crippen LogP contribution in [-0.2, 0) is 16.4 Å². The maximum Gasteiger partial charge on any atom is 0.264 e. The molecule has 3 aromatic carbocycles. The van der Waals surface area contributed by atoms with Gasteiger partial charge in [0.15, 0.2) is 0 Å². The zero-order chi connectivity index (χ0) is 22.0. The lowest BCUT2D eigenvalue weighted by molar-refractivity contribution is 0.102. The number of nitrogens with zero attached hydrogens (tertiary/aromatic N) is 1. The number of amides is 1. The van der Waals surface area contributed by atoms with Crippen LogP contribution in [0.2, 0.25) is 5.02 Å². The molecule has 0 saturated heterocycles. The Morgan fingerprint density at radius 3 is 2.55 bits per heavy atom. The van der Waals surface area contributed by atoms with Gasteiger partial charge in [-0.1, -0.05) is 29.8 Å². The van der Waals surface area contributed by atoms with E-state index >= 15 is 0 Å². The van der Waals surface area contributed by atoms with E-state index in [9.17, 15) is 13.2 Å². The molecule has 1 amide bonds. The second kappa shape index (κ2) is 8.94. The van der Waals surface area contributed by atoms with E-state index in [1.54, 1.807) is 23.9 Å². The molecule has 1 heterocycles. The lowest BCUT2D eigenvalue weighted by Gasteiger charge is -2.30. The number of nitrogens with one attached hydrogen (secondary N) is 1. The molecule has 5 nitrogen and oxygen atoms in total. The Morgan fingerprint density at radius 2 is 1.81 bits per heavy atom. The molecule has 0 bridgehead atoms. The van der Waals surface area contributed by atoms with Crippen LogP contribution in [-0.4, -0.2) is 27.1 Å². The van der Waals surface area contributed by atoms with Gasteiger partial charge in [0.05, 0.1) is 21.2 Å². The number of fused-ring (bicyclic) bond motifs is 1. The Labute approximate surface area is 191 Å². The van der Waals surface area contributed by atoms with E-state index in [4.69, 9.17) is 11.6 Å². The zero-order valence-corrected chi connectivity index (χ0v) is 19.2. The number of carbonyl (C=O) groups is 1. The first-order valence-electron chi connectivity index (χ1n) is 9.76. The van der Waals surface area contributed by atoms with Gasteiger partial charge in [-0.3, -0.25) is 9.10 Å². The molecule has 1 N–H and O–H groups in total. The smallest absolute Gasteiger partial charge is 0.264 e. The lowest BCUT2D eigenvalue weighted by Crippen LogP contribution is -2.35. The van der Waals surface area contributed by atoms with Crippen molar-refractivity contribution in [2.45, 2.75) is 22.6 Å². The van der Waals surface area contributed by atoms with Gasteiger partial charge in [-0.2, -0.15) is 0 Å². The number of benzene rings is 3. The van der Waals surface area contributed by atoms with Gasteiger partial charge in [0.1, 0.15) is 0 Å². The van der Waals surface area contributed by atoms with Crippen LogP contribution in [0.1, 0.15) is 22.3 Å². The van der Waals surface area contributed by atoms with Crippen molar-refractivity contribution in [2.24, 2.45) is 0 Å². The first-order valence-corrected chi connectivity index (χ1v) is 12.8. The van der Waals surface area contributed by atoms with Crippen LogP contribution in [0, 0.1) is 0 Å². The molecule has 1 aliphatic heterocycles. The number of carbonyl (C=O) groups excluding carboxylic acids is 1. The second-order valence-electron chi connectivity index (χ2n) is 7.13. The van der Waals surface area contributed by atoms with E-state index in [0.717, 1.165) is 23.3 Å². The molecule has 0 radical (unpaired) electrons. The van der Waals surface area contributed by atoms with Crippen molar-refractivity contribution in [3.05, 3.63) is 82.9 Å². The fourth-order valence-corrected chi connectivity index (χ4v) is 5.77. The monoisotopic (exact) mass is 472 g/mol. The average molecular weight is 473 g/mol. The molecule has 0 aromatic heterocycles. The normalized spacial score (nSPS) is 13.5. The topological polar surface area (TPSA) is 66.5 Å². The minimum atomic E-state index is -3.84. The van der Waals surface area contributed by atoms with Gasteiger partial charge in [0.25, 0.3) is 15.9 Å². The molecular formula is C23H21ClN2O3S2. The summed E-state index contributed by atoms with van der Waals surface area (Å²) in [6.07, 6.45) is 3.55. The van der Waals surface area contributed by atoms with Crippen molar-refractivity contribution >= 4 is 50.7 Å². The van der Waals surface area contributed by atoms with Crippen LogP contribution in [0.25, 0.3) is 0 Å². The van der Waals surface area contributed by atoms with Gasteiger partial charge in [0.2, 0.25) is 0 Å². The van der Waals surface area contributed by atoms with Gasteiger partial charge in [-0.15, -0.1) is 11.8 Å². The fourth-order valence-electron chi connectivity index (χ4n) is 3.59. The molecule has 0 atom stereocenters. The molecule has 3 aromatic rings. The Bertz CT molecular complexity index is 1230. The number of rotatable bonds is 5. The predicted octanol–water partition coefficient (Wildman–Crippen LogP) is 5.46. The summed E-state index contributed by atoms with van der Waals surface area (Å²) in [6, 6.07) is 19.1. The molecule has 0 unspecified atom stereocenters. The molecule has 4 rings (SSSR count). The quantitative estimate of drug-likeness (QED) is 0.501. The molecule has 0 aliphatic carbocycles. The molecule has 8 heteroatoms. The second-order valence-corrected chi connectivity index (χ2v) is 10.3. The number of aryl methyl sites for hydroxylation is 1. The summed E-state index contributed by atoms with van der Waals surface area (Å²) in [7, 11) is -3.84. The van der Waals surface area contributed by atoms with Gasteiger partial charge in [-0.25, -0.2) is 8.42 Å². The first-order chi connectivity index (χ1) is 14.9. The Morgan fingerprint density at radius 1 is 1.06 bits per heavy atom. The Kier molecular flexibility index (Phi) is 6.27. The maximum atomic E-state index is 13.4. The van der Waals surface area contributed by atoms with Crippen molar-refractivity contribution in [1.29, 1.82) is 0 Å². The third-order valence-corrected chi connectivity index (χ3v) is 8.07.